The van der Waals surface area contributed by atoms with E-state index >= 15 is 0 Å². The van der Waals surface area contributed by atoms with Gasteiger partial charge in [0.15, 0.2) is 0 Å². The molecule has 1 N–H and O–H groups in total. The van der Waals surface area contributed by atoms with E-state index < -0.39 is 0 Å². The Morgan fingerprint density at radius 1 is 1.29 bits per heavy atom. The number of benzene rings is 1. The van der Waals surface area contributed by atoms with Crippen LogP contribution in [-0.2, 0) is 6.42 Å². The maximum absolute atomic E-state index is 5.92. The van der Waals surface area contributed by atoms with Crippen LogP contribution in [0.2, 0.25) is 5.02 Å². The smallest absolute Gasteiger partial charge is 0.205 e. The van der Waals surface area contributed by atoms with Crippen molar-refractivity contribution < 1.29 is 0 Å². The largest absolute Gasteiger partial charge is 0.357 e. The first kappa shape index (κ1) is 17.4. The van der Waals surface area contributed by atoms with Gasteiger partial charge in [-0.25, -0.2) is 0 Å². The highest BCUT2D eigenvalue weighted by Gasteiger charge is 2.20. The molecule has 128 valence electrons. The SMILES string of the molecule is C=C(C)CN1CCC(Nc2nnc(Cc3ccc(Cl)cc3)s2)CC1. The Kier molecular flexibility index (Phi) is 5.87. The van der Waals surface area contributed by atoms with E-state index in [-0.39, 0.29) is 0 Å². The summed E-state index contributed by atoms with van der Waals surface area (Å²) in [6.45, 7) is 9.32. The van der Waals surface area contributed by atoms with E-state index in [1.165, 1.54) is 11.1 Å². The molecule has 1 aliphatic rings. The molecule has 24 heavy (non-hydrogen) atoms. The molecule has 6 heteroatoms. The van der Waals surface area contributed by atoms with Gasteiger partial charge in [-0.15, -0.1) is 10.2 Å². The minimum atomic E-state index is 0.489. The summed E-state index contributed by atoms with van der Waals surface area (Å²) >= 11 is 7.56. The zero-order chi connectivity index (χ0) is 16.9. The fourth-order valence-electron chi connectivity index (χ4n) is 2.95. The van der Waals surface area contributed by atoms with Crippen molar-refractivity contribution in [2.45, 2.75) is 32.2 Å². The highest BCUT2D eigenvalue weighted by atomic mass is 35.5. The highest BCUT2D eigenvalue weighted by Crippen LogP contribution is 2.22. The molecule has 4 nitrogen and oxygen atoms in total. The molecule has 1 saturated heterocycles. The number of rotatable bonds is 6. The van der Waals surface area contributed by atoms with Crippen LogP contribution < -0.4 is 5.32 Å². The van der Waals surface area contributed by atoms with E-state index in [1.54, 1.807) is 11.3 Å². The van der Waals surface area contributed by atoms with Gasteiger partial charge >= 0.3 is 0 Å². The van der Waals surface area contributed by atoms with E-state index in [9.17, 15) is 0 Å². The molecule has 1 aliphatic heterocycles. The lowest BCUT2D eigenvalue weighted by molar-refractivity contribution is 0.236. The van der Waals surface area contributed by atoms with Crippen molar-refractivity contribution in [2.75, 3.05) is 25.0 Å². The van der Waals surface area contributed by atoms with Crippen LogP contribution in [-0.4, -0.2) is 40.8 Å². The number of hydrogen-bond acceptors (Lipinski definition) is 5. The van der Waals surface area contributed by atoms with Crippen molar-refractivity contribution >= 4 is 28.1 Å². The molecule has 0 bridgehead atoms. The van der Waals surface area contributed by atoms with E-state index in [0.717, 1.165) is 54.1 Å². The van der Waals surface area contributed by atoms with Gasteiger partial charge in [0, 0.05) is 37.1 Å². The average molecular weight is 363 g/mol. The first-order valence-electron chi connectivity index (χ1n) is 8.28. The molecule has 0 atom stereocenters. The van der Waals surface area contributed by atoms with Crippen LogP contribution in [0.15, 0.2) is 36.4 Å². The van der Waals surface area contributed by atoms with Crippen molar-refractivity contribution in [3.05, 3.63) is 52.0 Å². The molecule has 0 spiro atoms. The molecule has 1 aromatic carbocycles. The van der Waals surface area contributed by atoms with Gasteiger partial charge in [-0.2, -0.15) is 0 Å². The first-order valence-corrected chi connectivity index (χ1v) is 9.48. The number of nitrogens with zero attached hydrogens (tertiary/aromatic N) is 3. The summed E-state index contributed by atoms with van der Waals surface area (Å²) in [5.41, 5.74) is 2.44. The summed E-state index contributed by atoms with van der Waals surface area (Å²) < 4.78 is 0. The third-order valence-corrected chi connectivity index (χ3v) is 5.25. The van der Waals surface area contributed by atoms with E-state index in [2.05, 4.69) is 33.9 Å². The summed E-state index contributed by atoms with van der Waals surface area (Å²) in [5.74, 6) is 0. The molecule has 1 aromatic heterocycles. The number of nitrogens with one attached hydrogen (secondary N) is 1. The zero-order valence-corrected chi connectivity index (χ0v) is 15.5. The predicted molar refractivity (Wildman–Crippen MR) is 102 cm³/mol. The van der Waals surface area contributed by atoms with Gasteiger partial charge in [0.25, 0.3) is 0 Å². The Balaban J connectivity index is 1.49. The van der Waals surface area contributed by atoms with Gasteiger partial charge in [0.2, 0.25) is 5.13 Å². The standard InChI is InChI=1S/C18H23ClN4S/c1-13(2)12-23-9-7-16(8-10-23)20-18-22-21-17(24-18)11-14-3-5-15(19)6-4-14/h3-6,16H,1,7-12H2,2H3,(H,20,22). The highest BCUT2D eigenvalue weighted by molar-refractivity contribution is 7.15. The zero-order valence-electron chi connectivity index (χ0n) is 14.0. The molecule has 0 amide bonds. The van der Waals surface area contributed by atoms with E-state index in [4.69, 9.17) is 11.6 Å². The lowest BCUT2D eigenvalue weighted by atomic mass is 10.0. The normalized spacial score (nSPS) is 16.2. The third kappa shape index (κ3) is 5.03. The fourth-order valence-corrected chi connectivity index (χ4v) is 3.93. The maximum Gasteiger partial charge on any atom is 0.205 e. The van der Waals surface area contributed by atoms with Crippen LogP contribution in [0.1, 0.15) is 30.3 Å². The van der Waals surface area contributed by atoms with Gasteiger partial charge in [0.05, 0.1) is 0 Å². The van der Waals surface area contributed by atoms with Crippen molar-refractivity contribution in [1.29, 1.82) is 0 Å². The second-order valence-electron chi connectivity index (χ2n) is 6.46. The van der Waals surface area contributed by atoms with Crippen LogP contribution in [0.3, 0.4) is 0 Å². The third-order valence-electron chi connectivity index (χ3n) is 4.14. The lowest BCUT2D eigenvalue weighted by Crippen LogP contribution is -2.39. The van der Waals surface area contributed by atoms with Gasteiger partial charge < -0.3 is 5.32 Å². The number of anilines is 1. The van der Waals surface area contributed by atoms with Crippen molar-refractivity contribution in [1.82, 2.24) is 15.1 Å². The van der Waals surface area contributed by atoms with Gasteiger partial charge in [0.1, 0.15) is 5.01 Å². The maximum atomic E-state index is 5.92. The summed E-state index contributed by atoms with van der Waals surface area (Å²) in [7, 11) is 0. The molecule has 3 rings (SSSR count). The Morgan fingerprint density at radius 2 is 2.00 bits per heavy atom. The van der Waals surface area contributed by atoms with Crippen LogP contribution in [0.4, 0.5) is 5.13 Å². The Morgan fingerprint density at radius 3 is 2.67 bits per heavy atom. The van der Waals surface area contributed by atoms with E-state index in [0.29, 0.717) is 6.04 Å². The summed E-state index contributed by atoms with van der Waals surface area (Å²) in [6, 6.07) is 8.39. The average Bonchev–Trinajstić information content (AvgIpc) is 2.98. The number of halogens is 1. The Bertz CT molecular complexity index is 675. The molecular weight excluding hydrogens is 340 g/mol. The summed E-state index contributed by atoms with van der Waals surface area (Å²) in [4.78, 5) is 2.46. The lowest BCUT2D eigenvalue weighted by Gasteiger charge is -2.32. The minimum absolute atomic E-state index is 0.489. The molecular formula is C18H23ClN4S. The first-order chi connectivity index (χ1) is 11.6. The molecule has 0 saturated carbocycles. The number of hydrogen-bond donors (Lipinski definition) is 1. The minimum Gasteiger partial charge on any atom is -0.357 e. The molecule has 0 aliphatic carbocycles. The van der Waals surface area contributed by atoms with Crippen LogP contribution in [0.25, 0.3) is 0 Å². The second-order valence-corrected chi connectivity index (χ2v) is 7.95. The summed E-state index contributed by atoms with van der Waals surface area (Å²) in [6.07, 6.45) is 3.08. The number of piperidine rings is 1. The predicted octanol–water partition coefficient (Wildman–Crippen LogP) is 4.23. The second kappa shape index (κ2) is 8.10. The van der Waals surface area contributed by atoms with Crippen LogP contribution >= 0.6 is 22.9 Å². The van der Waals surface area contributed by atoms with Crippen LogP contribution in [0, 0.1) is 0 Å². The summed E-state index contributed by atoms with van der Waals surface area (Å²) in [5, 5.41) is 14.9. The quantitative estimate of drug-likeness (QED) is 0.780. The topological polar surface area (TPSA) is 41.0 Å². The molecule has 0 unspecified atom stereocenters. The van der Waals surface area contributed by atoms with Crippen LogP contribution in [0.5, 0.6) is 0 Å². The monoisotopic (exact) mass is 362 g/mol. The van der Waals surface area contributed by atoms with E-state index in [1.807, 2.05) is 24.3 Å². The number of likely N-dealkylation sites (tertiary alicyclic amines) is 1. The van der Waals surface area contributed by atoms with Gasteiger partial charge in [-0.05, 0) is 37.5 Å². The number of aromatic nitrogens is 2. The molecule has 2 heterocycles. The van der Waals surface area contributed by atoms with Gasteiger partial charge in [-0.1, -0.05) is 47.2 Å². The molecule has 0 radical (unpaired) electrons. The Labute approximate surface area is 152 Å². The molecule has 2 aromatic rings. The van der Waals surface area contributed by atoms with Crippen molar-refractivity contribution in [3.8, 4) is 0 Å². The fraction of sp³-hybridized carbons (Fsp3) is 0.444. The van der Waals surface area contributed by atoms with Crippen molar-refractivity contribution in [2.24, 2.45) is 0 Å². The Hall–Kier alpha value is -1.43. The van der Waals surface area contributed by atoms with Gasteiger partial charge in [-0.3, -0.25) is 4.90 Å². The molecule has 1 fully saturated rings. The van der Waals surface area contributed by atoms with Crippen molar-refractivity contribution in [3.63, 3.8) is 0 Å².